The van der Waals surface area contributed by atoms with Crippen molar-refractivity contribution in [3.05, 3.63) is 81.9 Å². The average molecular weight is 369 g/mol. The molecule has 132 valence electrons. The molecule has 3 rings (SSSR count). The molecule has 0 aliphatic carbocycles. The summed E-state index contributed by atoms with van der Waals surface area (Å²) in [7, 11) is 0. The number of rotatable bonds is 6. The van der Waals surface area contributed by atoms with Gasteiger partial charge >= 0.3 is 0 Å². The minimum Gasteiger partial charge on any atom is -0.354 e. The van der Waals surface area contributed by atoms with Crippen molar-refractivity contribution in [2.45, 2.75) is 13.0 Å². The summed E-state index contributed by atoms with van der Waals surface area (Å²) in [6.45, 7) is 0.352. The molecule has 1 N–H and O–H groups in total. The highest BCUT2D eigenvalue weighted by Crippen LogP contribution is 2.18. The topological polar surface area (TPSA) is 76.9 Å². The normalized spacial score (nSPS) is 10.5. The second-order valence-corrected chi connectivity index (χ2v) is 6.11. The fourth-order valence-corrected chi connectivity index (χ4v) is 2.55. The highest BCUT2D eigenvalue weighted by Gasteiger charge is 2.08. The van der Waals surface area contributed by atoms with E-state index in [9.17, 15) is 9.59 Å². The second kappa shape index (κ2) is 8.40. The van der Waals surface area contributed by atoms with Crippen molar-refractivity contribution in [1.29, 1.82) is 0 Å². The van der Waals surface area contributed by atoms with Gasteiger partial charge in [-0.05, 0) is 42.3 Å². The van der Waals surface area contributed by atoms with Crippen molar-refractivity contribution in [3.63, 3.8) is 0 Å². The van der Waals surface area contributed by atoms with E-state index in [0.717, 1.165) is 15.8 Å². The maximum atomic E-state index is 12.1. The summed E-state index contributed by atoms with van der Waals surface area (Å²) in [5.41, 5.74) is 2.18. The van der Waals surface area contributed by atoms with E-state index in [1.54, 1.807) is 30.6 Å². The van der Waals surface area contributed by atoms with Crippen molar-refractivity contribution in [1.82, 2.24) is 20.1 Å². The van der Waals surface area contributed by atoms with Gasteiger partial charge in [0.2, 0.25) is 5.91 Å². The Morgan fingerprint density at radius 2 is 1.77 bits per heavy atom. The molecule has 3 aromatic rings. The molecule has 0 bridgehead atoms. The van der Waals surface area contributed by atoms with Gasteiger partial charge in [-0.15, -0.1) is 0 Å². The van der Waals surface area contributed by atoms with Gasteiger partial charge in [-0.1, -0.05) is 23.7 Å². The minimum absolute atomic E-state index is 0.128. The molecule has 0 radical (unpaired) electrons. The second-order valence-electron chi connectivity index (χ2n) is 5.68. The van der Waals surface area contributed by atoms with Crippen molar-refractivity contribution in [3.8, 4) is 11.3 Å². The molecule has 6 nitrogen and oxygen atoms in total. The van der Waals surface area contributed by atoms with Crippen LogP contribution < -0.4 is 10.9 Å². The molecule has 0 saturated heterocycles. The number of amides is 1. The lowest BCUT2D eigenvalue weighted by Crippen LogP contribution is -2.34. The van der Waals surface area contributed by atoms with Crippen LogP contribution in [0.4, 0.5) is 0 Å². The number of nitrogens with zero attached hydrogens (tertiary/aromatic N) is 3. The summed E-state index contributed by atoms with van der Waals surface area (Å²) < 4.78 is 1.16. The Kier molecular flexibility index (Phi) is 5.76. The number of nitrogens with one attached hydrogen (secondary N) is 1. The predicted octanol–water partition coefficient (Wildman–Crippen LogP) is 2.32. The zero-order valence-electron chi connectivity index (χ0n) is 13.9. The van der Waals surface area contributed by atoms with E-state index < -0.39 is 0 Å². The van der Waals surface area contributed by atoms with Crippen LogP contribution in [0.3, 0.4) is 0 Å². The number of halogens is 1. The van der Waals surface area contributed by atoms with Crippen LogP contribution in [0.25, 0.3) is 11.3 Å². The number of benzene rings is 1. The van der Waals surface area contributed by atoms with Gasteiger partial charge in [-0.2, -0.15) is 5.10 Å². The zero-order valence-corrected chi connectivity index (χ0v) is 14.7. The van der Waals surface area contributed by atoms with Crippen LogP contribution in [0.2, 0.25) is 5.02 Å². The van der Waals surface area contributed by atoms with Crippen LogP contribution in [-0.2, 0) is 17.8 Å². The van der Waals surface area contributed by atoms with E-state index in [1.807, 2.05) is 24.3 Å². The smallest absolute Gasteiger partial charge is 0.267 e. The van der Waals surface area contributed by atoms with Crippen molar-refractivity contribution in [2.75, 3.05) is 6.54 Å². The van der Waals surface area contributed by atoms with Gasteiger partial charge in [0.1, 0.15) is 6.54 Å². The molecule has 7 heteroatoms. The van der Waals surface area contributed by atoms with E-state index in [0.29, 0.717) is 23.7 Å². The molecule has 2 heterocycles. The number of hydrogen-bond donors (Lipinski definition) is 1. The molecule has 0 fully saturated rings. The van der Waals surface area contributed by atoms with E-state index >= 15 is 0 Å². The SMILES string of the molecule is O=C(Cn1nc(-c2ccc(Cl)cc2)ccc1=O)NCCc1ccncc1. The van der Waals surface area contributed by atoms with E-state index in [2.05, 4.69) is 15.4 Å². The van der Waals surface area contributed by atoms with Crippen LogP contribution in [0.15, 0.2) is 65.7 Å². The fraction of sp³-hybridized carbons (Fsp3) is 0.158. The van der Waals surface area contributed by atoms with Gasteiger partial charge in [0.05, 0.1) is 5.69 Å². The predicted molar refractivity (Wildman–Crippen MR) is 99.9 cm³/mol. The Labute approximate surface area is 155 Å². The van der Waals surface area contributed by atoms with Crippen LogP contribution in [0.1, 0.15) is 5.56 Å². The highest BCUT2D eigenvalue weighted by molar-refractivity contribution is 6.30. The molecule has 0 unspecified atom stereocenters. The van der Waals surface area contributed by atoms with Gasteiger partial charge in [0.25, 0.3) is 5.56 Å². The van der Waals surface area contributed by atoms with Gasteiger partial charge in [0, 0.05) is 35.6 Å². The molecule has 0 spiro atoms. The summed E-state index contributed by atoms with van der Waals surface area (Å²) >= 11 is 5.89. The third-order valence-electron chi connectivity index (χ3n) is 3.79. The molecule has 1 amide bonds. The molecule has 0 aliphatic heterocycles. The van der Waals surface area contributed by atoms with Gasteiger partial charge in [0.15, 0.2) is 0 Å². The van der Waals surface area contributed by atoms with E-state index in [4.69, 9.17) is 11.6 Å². The summed E-state index contributed by atoms with van der Waals surface area (Å²) in [6, 6.07) is 14.0. The monoisotopic (exact) mass is 368 g/mol. The Morgan fingerprint density at radius 3 is 2.50 bits per heavy atom. The largest absolute Gasteiger partial charge is 0.354 e. The van der Waals surface area contributed by atoms with Crippen LogP contribution >= 0.6 is 11.6 Å². The molecule has 0 aliphatic rings. The Hall–Kier alpha value is -2.99. The Balaban J connectivity index is 1.63. The third kappa shape index (κ3) is 4.77. The number of aromatic nitrogens is 3. The minimum atomic E-state index is -0.327. The first-order chi connectivity index (χ1) is 12.6. The standard InChI is InChI=1S/C19H17ClN4O2/c20-16-3-1-15(2-4-16)17-5-6-19(26)24(23-17)13-18(25)22-12-9-14-7-10-21-11-8-14/h1-8,10-11H,9,12-13H2,(H,22,25). The molecular formula is C19H17ClN4O2. The number of carbonyl (C=O) groups is 1. The maximum absolute atomic E-state index is 12.1. The van der Waals surface area contributed by atoms with Crippen molar-refractivity contribution >= 4 is 17.5 Å². The first-order valence-electron chi connectivity index (χ1n) is 8.11. The molecule has 26 heavy (non-hydrogen) atoms. The molecule has 0 saturated carbocycles. The Bertz CT molecular complexity index is 940. The van der Waals surface area contributed by atoms with Gasteiger partial charge in [-0.3, -0.25) is 14.6 Å². The molecule has 1 aromatic carbocycles. The number of hydrogen-bond acceptors (Lipinski definition) is 4. The van der Waals surface area contributed by atoms with Gasteiger partial charge in [-0.25, -0.2) is 4.68 Å². The molecule has 0 atom stereocenters. The first-order valence-corrected chi connectivity index (χ1v) is 8.49. The lowest BCUT2D eigenvalue weighted by molar-refractivity contribution is -0.121. The van der Waals surface area contributed by atoms with Crippen LogP contribution in [0, 0.1) is 0 Å². The van der Waals surface area contributed by atoms with Crippen LogP contribution in [-0.4, -0.2) is 27.2 Å². The summed E-state index contributed by atoms with van der Waals surface area (Å²) in [5.74, 6) is -0.262. The number of pyridine rings is 1. The lowest BCUT2D eigenvalue weighted by atomic mass is 10.1. The first kappa shape index (κ1) is 17.8. The average Bonchev–Trinajstić information content (AvgIpc) is 2.65. The summed E-state index contributed by atoms with van der Waals surface area (Å²) in [5, 5.41) is 7.69. The summed E-state index contributed by atoms with van der Waals surface area (Å²) in [4.78, 5) is 28.0. The maximum Gasteiger partial charge on any atom is 0.267 e. The fourth-order valence-electron chi connectivity index (χ4n) is 2.42. The summed E-state index contributed by atoms with van der Waals surface area (Å²) in [6.07, 6.45) is 4.12. The Morgan fingerprint density at radius 1 is 1.04 bits per heavy atom. The highest BCUT2D eigenvalue weighted by atomic mass is 35.5. The zero-order chi connectivity index (χ0) is 18.4. The van der Waals surface area contributed by atoms with E-state index in [1.165, 1.54) is 6.07 Å². The quantitative estimate of drug-likeness (QED) is 0.724. The van der Waals surface area contributed by atoms with Crippen molar-refractivity contribution < 1.29 is 4.79 Å². The number of carbonyl (C=O) groups excluding carboxylic acids is 1. The van der Waals surface area contributed by atoms with Crippen LogP contribution in [0.5, 0.6) is 0 Å². The van der Waals surface area contributed by atoms with Gasteiger partial charge < -0.3 is 5.32 Å². The van der Waals surface area contributed by atoms with E-state index in [-0.39, 0.29) is 18.0 Å². The lowest BCUT2D eigenvalue weighted by Gasteiger charge is -2.08. The molecular weight excluding hydrogens is 352 g/mol. The third-order valence-corrected chi connectivity index (χ3v) is 4.04. The van der Waals surface area contributed by atoms with Crippen molar-refractivity contribution in [2.24, 2.45) is 0 Å². The molecule has 2 aromatic heterocycles.